The molecule has 0 aromatic heterocycles. The zero-order chi connectivity index (χ0) is 12.5. The fourth-order valence-electron chi connectivity index (χ4n) is 2.89. The molecule has 0 heterocycles. The summed E-state index contributed by atoms with van der Waals surface area (Å²) in [6.45, 7) is 0. The summed E-state index contributed by atoms with van der Waals surface area (Å²) in [5.41, 5.74) is 2.80. The van der Waals surface area contributed by atoms with Gasteiger partial charge in [0.2, 0.25) is 0 Å². The van der Waals surface area contributed by atoms with E-state index in [1.54, 1.807) is 0 Å². The van der Waals surface area contributed by atoms with E-state index >= 15 is 0 Å². The van der Waals surface area contributed by atoms with Gasteiger partial charge in [0.1, 0.15) is 11.9 Å². The highest BCUT2D eigenvalue weighted by Crippen LogP contribution is 2.33. The zero-order valence-electron chi connectivity index (χ0n) is 10.2. The molecule has 0 bridgehead atoms. The van der Waals surface area contributed by atoms with E-state index in [4.69, 9.17) is 9.94 Å². The van der Waals surface area contributed by atoms with E-state index in [1.807, 2.05) is 18.2 Å². The number of hydrogen-bond acceptors (Lipinski definition) is 4. The van der Waals surface area contributed by atoms with Crippen LogP contribution in [0, 0.1) is 0 Å². The molecule has 2 atom stereocenters. The third kappa shape index (κ3) is 1.86. The third-order valence-electron chi connectivity index (χ3n) is 3.87. The minimum Gasteiger partial charge on any atom is -0.487 e. The summed E-state index contributed by atoms with van der Waals surface area (Å²) < 4.78 is 5.94. The Kier molecular flexibility index (Phi) is 2.96. The second-order valence-electron chi connectivity index (χ2n) is 4.98. The Morgan fingerprint density at radius 2 is 2.11 bits per heavy atom. The summed E-state index contributed by atoms with van der Waals surface area (Å²) in [5, 5.41) is 22.1. The van der Waals surface area contributed by atoms with E-state index in [0.717, 1.165) is 54.7 Å². The molecule has 2 unspecified atom stereocenters. The number of benzene rings is 1. The lowest BCUT2D eigenvalue weighted by molar-refractivity contribution is 0.0598. The van der Waals surface area contributed by atoms with E-state index < -0.39 is 0 Å². The van der Waals surface area contributed by atoms with Crippen molar-refractivity contribution in [2.24, 2.45) is 5.16 Å². The lowest BCUT2D eigenvalue weighted by Crippen LogP contribution is -2.26. The number of aliphatic hydroxyl groups is 1. The van der Waals surface area contributed by atoms with Crippen LogP contribution in [0.15, 0.2) is 23.4 Å². The van der Waals surface area contributed by atoms with Gasteiger partial charge in [-0.15, -0.1) is 0 Å². The Balaban J connectivity index is 1.88. The normalized spacial score (nSPS) is 28.6. The van der Waals surface area contributed by atoms with Crippen LogP contribution in [0.3, 0.4) is 0 Å². The molecule has 0 amide bonds. The molecule has 2 aliphatic carbocycles. The van der Waals surface area contributed by atoms with Crippen LogP contribution in [-0.4, -0.2) is 28.2 Å². The number of aliphatic hydroxyl groups excluding tert-OH is 1. The molecule has 0 spiro atoms. The Morgan fingerprint density at radius 3 is 2.83 bits per heavy atom. The Morgan fingerprint density at radius 1 is 1.22 bits per heavy atom. The van der Waals surface area contributed by atoms with Crippen molar-refractivity contribution in [1.82, 2.24) is 0 Å². The molecule has 1 fully saturated rings. The van der Waals surface area contributed by atoms with Crippen molar-refractivity contribution in [2.75, 3.05) is 0 Å². The van der Waals surface area contributed by atoms with Crippen LogP contribution < -0.4 is 4.74 Å². The van der Waals surface area contributed by atoms with Crippen molar-refractivity contribution in [3.63, 3.8) is 0 Å². The zero-order valence-corrected chi connectivity index (χ0v) is 10.2. The van der Waals surface area contributed by atoms with E-state index in [-0.39, 0.29) is 12.2 Å². The number of ether oxygens (including phenoxy) is 1. The smallest absolute Gasteiger partial charge is 0.124 e. The van der Waals surface area contributed by atoms with E-state index in [9.17, 15) is 5.11 Å². The summed E-state index contributed by atoms with van der Waals surface area (Å²) in [4.78, 5) is 0. The van der Waals surface area contributed by atoms with Crippen molar-refractivity contribution < 1.29 is 15.1 Å². The van der Waals surface area contributed by atoms with E-state index in [1.165, 1.54) is 0 Å². The van der Waals surface area contributed by atoms with Crippen LogP contribution in [0.5, 0.6) is 5.75 Å². The number of nitrogens with zero attached hydrogens (tertiary/aromatic N) is 1. The second kappa shape index (κ2) is 4.61. The van der Waals surface area contributed by atoms with Crippen LogP contribution in [0.2, 0.25) is 0 Å². The molecule has 0 saturated heterocycles. The van der Waals surface area contributed by atoms with E-state index in [0.29, 0.717) is 0 Å². The Bertz CT molecular complexity index is 484. The fourth-order valence-corrected chi connectivity index (χ4v) is 2.89. The molecule has 2 aliphatic rings. The van der Waals surface area contributed by atoms with Crippen molar-refractivity contribution in [3.05, 3.63) is 29.3 Å². The fraction of sp³-hybridized carbons (Fsp3) is 0.500. The van der Waals surface area contributed by atoms with Gasteiger partial charge in [0, 0.05) is 11.1 Å². The van der Waals surface area contributed by atoms with Crippen LogP contribution in [0.1, 0.15) is 36.8 Å². The molecule has 3 rings (SSSR count). The quantitative estimate of drug-likeness (QED) is 0.621. The van der Waals surface area contributed by atoms with Crippen molar-refractivity contribution in [2.45, 2.75) is 44.3 Å². The number of rotatable bonds is 2. The minimum atomic E-state index is -0.353. The average Bonchev–Trinajstić information content (AvgIpc) is 2.97. The maximum absolute atomic E-state index is 9.81. The first-order valence-corrected chi connectivity index (χ1v) is 6.47. The minimum absolute atomic E-state index is 0.0911. The van der Waals surface area contributed by atoms with Crippen LogP contribution >= 0.6 is 0 Å². The lowest BCUT2D eigenvalue weighted by atomic mass is 10.1. The molecule has 4 heteroatoms. The maximum atomic E-state index is 9.81. The molecule has 2 N–H and O–H groups in total. The molecule has 1 saturated carbocycles. The van der Waals surface area contributed by atoms with E-state index in [2.05, 4.69) is 5.16 Å². The van der Waals surface area contributed by atoms with Crippen LogP contribution in [0.4, 0.5) is 0 Å². The first kappa shape index (κ1) is 11.5. The predicted molar refractivity (Wildman–Crippen MR) is 67.4 cm³/mol. The first-order chi connectivity index (χ1) is 8.79. The molecular formula is C14H17NO3. The summed E-state index contributed by atoms with van der Waals surface area (Å²) in [6, 6.07) is 5.80. The van der Waals surface area contributed by atoms with Gasteiger partial charge >= 0.3 is 0 Å². The second-order valence-corrected chi connectivity index (χ2v) is 4.98. The summed E-state index contributed by atoms with van der Waals surface area (Å²) in [6.07, 6.45) is 3.89. The van der Waals surface area contributed by atoms with Gasteiger partial charge in [0.15, 0.2) is 0 Å². The van der Waals surface area contributed by atoms with Gasteiger partial charge in [0.05, 0.1) is 11.8 Å². The molecule has 1 aromatic carbocycles. The lowest BCUT2D eigenvalue weighted by Gasteiger charge is -2.19. The van der Waals surface area contributed by atoms with Gasteiger partial charge in [-0.3, -0.25) is 0 Å². The van der Waals surface area contributed by atoms with Gasteiger partial charge in [-0.25, -0.2) is 0 Å². The van der Waals surface area contributed by atoms with Crippen molar-refractivity contribution in [3.8, 4) is 5.75 Å². The van der Waals surface area contributed by atoms with Gasteiger partial charge in [-0.2, -0.15) is 0 Å². The molecule has 18 heavy (non-hydrogen) atoms. The monoisotopic (exact) mass is 247 g/mol. The molecule has 0 radical (unpaired) electrons. The summed E-state index contributed by atoms with van der Waals surface area (Å²) >= 11 is 0. The van der Waals surface area contributed by atoms with Crippen molar-refractivity contribution in [1.29, 1.82) is 0 Å². The van der Waals surface area contributed by atoms with Gasteiger partial charge in [0.25, 0.3) is 0 Å². The van der Waals surface area contributed by atoms with Gasteiger partial charge in [-0.05, 0) is 38.2 Å². The Hall–Kier alpha value is -1.55. The topological polar surface area (TPSA) is 62.1 Å². The number of fused-ring (bicyclic) bond motifs is 1. The van der Waals surface area contributed by atoms with Crippen LogP contribution in [-0.2, 0) is 6.42 Å². The van der Waals surface area contributed by atoms with Crippen LogP contribution in [0.25, 0.3) is 0 Å². The number of oxime groups is 1. The largest absolute Gasteiger partial charge is 0.487 e. The maximum Gasteiger partial charge on any atom is 0.124 e. The molecule has 0 aliphatic heterocycles. The standard InChI is InChI=1S/C14H17NO3/c16-12-4-2-6-14(12)18-13-5-1-3-9-10(13)7-8-11(9)15-17/h1,3,5,12,14,16-17H,2,4,6-8H2/b15-11-. The summed E-state index contributed by atoms with van der Waals surface area (Å²) in [5.74, 6) is 0.831. The summed E-state index contributed by atoms with van der Waals surface area (Å²) in [7, 11) is 0. The Labute approximate surface area is 106 Å². The van der Waals surface area contributed by atoms with Gasteiger partial charge < -0.3 is 15.1 Å². The molecule has 96 valence electrons. The third-order valence-corrected chi connectivity index (χ3v) is 3.87. The molecule has 1 aromatic rings. The highest BCUT2D eigenvalue weighted by molar-refractivity contribution is 6.04. The predicted octanol–water partition coefficient (Wildman–Crippen LogP) is 2.10. The average molecular weight is 247 g/mol. The molecular weight excluding hydrogens is 230 g/mol. The first-order valence-electron chi connectivity index (χ1n) is 6.47. The van der Waals surface area contributed by atoms with Gasteiger partial charge in [-0.1, -0.05) is 17.3 Å². The van der Waals surface area contributed by atoms with Crippen molar-refractivity contribution >= 4 is 5.71 Å². The highest BCUT2D eigenvalue weighted by Gasteiger charge is 2.29. The number of hydrogen-bond donors (Lipinski definition) is 2. The molecule has 4 nitrogen and oxygen atoms in total. The highest BCUT2D eigenvalue weighted by atomic mass is 16.5. The SMILES string of the molecule is O/N=C1/CCc2c(OC3CCCC3O)cccc21.